The lowest BCUT2D eigenvalue weighted by atomic mass is 9.74. The number of fused-ring (bicyclic) bond motifs is 2. The van der Waals surface area contributed by atoms with Gasteiger partial charge in [0.1, 0.15) is 23.7 Å². The standard InChI is InChI=1S/C40H49N3O7/c1-5-15-26(2)42-23-14-8-13-20-32(45)41(4)27(3)35(29-18-11-7-12-19-29)49-39(48)33-31-21-22-40(50-31)34(33)37(46)43(36(40)38(42)47)30(25-44)24-28-16-9-6-10-17-28/h6-12,14,16-19,21-22,26-27,30-31,33-36,44H,5,13,15,20,23-25H2,1-4H3/b14-8-/t26?,27-,30-,31+,33-,34-,35+,36+,40-/m1/s1. The Labute approximate surface area is 294 Å². The Morgan fingerprint density at radius 1 is 0.980 bits per heavy atom. The van der Waals surface area contributed by atoms with Gasteiger partial charge in [0.15, 0.2) is 0 Å². The predicted molar refractivity (Wildman–Crippen MR) is 187 cm³/mol. The number of carbonyl (C=O) groups is 4. The first-order valence-electron chi connectivity index (χ1n) is 17.9. The molecule has 0 saturated carbocycles. The third-order valence-corrected chi connectivity index (χ3v) is 11.1. The second-order valence-corrected chi connectivity index (χ2v) is 14.1. The Kier molecular flexibility index (Phi) is 10.6. The number of rotatable bonds is 8. The summed E-state index contributed by atoms with van der Waals surface area (Å²) < 4.78 is 13.0. The molecule has 2 fully saturated rings. The number of nitrogens with zero attached hydrogens (tertiary/aromatic N) is 3. The molecule has 1 unspecified atom stereocenters. The Hall–Kier alpha value is -4.28. The van der Waals surface area contributed by atoms with E-state index in [2.05, 4.69) is 6.92 Å². The largest absolute Gasteiger partial charge is 0.455 e. The Morgan fingerprint density at radius 3 is 2.36 bits per heavy atom. The second kappa shape index (κ2) is 14.9. The number of likely N-dealkylation sites (N-methyl/N-ethyl adjacent to an activating group) is 1. The Bertz CT molecular complexity index is 1610. The van der Waals surface area contributed by atoms with Crippen LogP contribution < -0.4 is 0 Å². The molecule has 2 aromatic carbocycles. The minimum absolute atomic E-state index is 0.0980. The topological polar surface area (TPSA) is 117 Å². The van der Waals surface area contributed by atoms with E-state index < -0.39 is 59.6 Å². The number of esters is 1. The van der Waals surface area contributed by atoms with Gasteiger partial charge in [-0.2, -0.15) is 0 Å². The maximum atomic E-state index is 15.0. The normalized spacial score (nSPS) is 31.9. The van der Waals surface area contributed by atoms with E-state index in [9.17, 15) is 19.5 Å². The molecule has 10 heteroatoms. The van der Waals surface area contributed by atoms with Crippen LogP contribution in [0.4, 0.5) is 0 Å². The van der Waals surface area contributed by atoms with Crippen molar-refractivity contribution in [2.45, 2.75) is 94.9 Å². The highest BCUT2D eigenvalue weighted by Crippen LogP contribution is 2.56. The van der Waals surface area contributed by atoms with Crippen molar-refractivity contribution < 1.29 is 33.8 Å². The highest BCUT2D eigenvalue weighted by molar-refractivity contribution is 5.99. The van der Waals surface area contributed by atoms with Gasteiger partial charge in [0.05, 0.1) is 30.7 Å². The highest BCUT2D eigenvalue weighted by atomic mass is 16.6. The molecule has 1 N–H and O–H groups in total. The van der Waals surface area contributed by atoms with Crippen LogP contribution in [-0.4, -0.2) is 99.6 Å². The zero-order chi connectivity index (χ0) is 35.6. The summed E-state index contributed by atoms with van der Waals surface area (Å²) >= 11 is 0. The van der Waals surface area contributed by atoms with E-state index in [1.54, 1.807) is 29.0 Å². The molecule has 10 nitrogen and oxygen atoms in total. The fraction of sp³-hybridized carbons (Fsp3) is 0.500. The van der Waals surface area contributed by atoms with E-state index in [1.807, 2.05) is 86.7 Å². The third kappa shape index (κ3) is 6.39. The van der Waals surface area contributed by atoms with E-state index in [0.29, 0.717) is 12.8 Å². The zero-order valence-corrected chi connectivity index (χ0v) is 29.4. The average molecular weight is 684 g/mol. The van der Waals surface area contributed by atoms with Gasteiger partial charge in [-0.3, -0.25) is 19.2 Å². The van der Waals surface area contributed by atoms with Crippen molar-refractivity contribution in [2.24, 2.45) is 11.8 Å². The second-order valence-electron chi connectivity index (χ2n) is 14.1. The summed E-state index contributed by atoms with van der Waals surface area (Å²) in [5.41, 5.74) is 0.204. The fourth-order valence-corrected chi connectivity index (χ4v) is 8.32. The molecule has 266 valence electrons. The number of hydrogen-bond donors (Lipinski definition) is 1. The predicted octanol–water partition coefficient (Wildman–Crippen LogP) is 4.24. The number of hydrogen-bond acceptors (Lipinski definition) is 7. The van der Waals surface area contributed by atoms with Crippen LogP contribution in [0.5, 0.6) is 0 Å². The van der Waals surface area contributed by atoms with Gasteiger partial charge < -0.3 is 29.3 Å². The molecule has 50 heavy (non-hydrogen) atoms. The first-order valence-corrected chi connectivity index (χ1v) is 17.9. The molecule has 5 bridgehead atoms. The number of cyclic esters (lactones) is 1. The number of benzene rings is 2. The van der Waals surface area contributed by atoms with E-state index in [4.69, 9.17) is 9.47 Å². The van der Waals surface area contributed by atoms with Crippen molar-refractivity contribution in [3.63, 3.8) is 0 Å². The lowest BCUT2D eigenvalue weighted by molar-refractivity contribution is -0.164. The van der Waals surface area contributed by atoms with Gasteiger partial charge in [-0.25, -0.2) is 0 Å². The number of aliphatic hydroxyl groups excluding tert-OH is 1. The number of carbonyl (C=O) groups excluding carboxylic acids is 4. The third-order valence-electron chi connectivity index (χ3n) is 11.1. The van der Waals surface area contributed by atoms with Crippen LogP contribution >= 0.6 is 0 Å². The van der Waals surface area contributed by atoms with Gasteiger partial charge in [-0.05, 0) is 44.2 Å². The molecule has 9 atom stereocenters. The number of aliphatic hydroxyl groups is 1. The molecule has 0 aliphatic carbocycles. The van der Waals surface area contributed by atoms with Crippen molar-refractivity contribution in [3.05, 3.63) is 96.1 Å². The van der Waals surface area contributed by atoms with Crippen molar-refractivity contribution in [1.29, 1.82) is 0 Å². The molecule has 0 aromatic heterocycles. The minimum atomic E-state index is -1.42. The van der Waals surface area contributed by atoms with E-state index in [-0.39, 0.29) is 37.4 Å². The molecule has 2 aromatic rings. The molecule has 0 radical (unpaired) electrons. The Morgan fingerprint density at radius 2 is 1.68 bits per heavy atom. The lowest BCUT2D eigenvalue weighted by Gasteiger charge is -2.40. The smallest absolute Gasteiger partial charge is 0.313 e. The van der Waals surface area contributed by atoms with Crippen molar-refractivity contribution in [1.82, 2.24) is 14.7 Å². The molecule has 2 saturated heterocycles. The number of allylic oxidation sites excluding steroid dienone is 1. The fourth-order valence-electron chi connectivity index (χ4n) is 8.32. The maximum absolute atomic E-state index is 15.0. The Balaban J connectivity index is 1.46. The summed E-state index contributed by atoms with van der Waals surface area (Å²) in [6.07, 6.45) is 8.41. The molecule has 4 heterocycles. The maximum Gasteiger partial charge on any atom is 0.313 e. The molecule has 3 amide bonds. The SMILES string of the molecule is CCCC(C)N1C/C=C\CCC(=O)N(C)[C@H](C)[C@@H](c2ccccc2)OC(=O)[C@@H]2[C@@H]3C=C[C@]4(O3)[C@H](C1=O)N([C@@H](CO)Cc1ccccc1)C(=O)[C@@H]24. The summed E-state index contributed by atoms with van der Waals surface area (Å²) in [6, 6.07) is 16.3. The quantitative estimate of drug-likeness (QED) is 0.327. The zero-order valence-electron chi connectivity index (χ0n) is 29.4. The van der Waals surface area contributed by atoms with Crippen LogP contribution in [0.2, 0.25) is 0 Å². The van der Waals surface area contributed by atoms with Gasteiger partial charge in [-0.1, -0.05) is 98.3 Å². The average Bonchev–Trinajstić information content (AvgIpc) is 3.78. The summed E-state index contributed by atoms with van der Waals surface area (Å²) in [6.45, 7) is 5.80. The number of likely N-dealkylation sites (tertiary alicyclic amines) is 1. The van der Waals surface area contributed by atoms with Crippen LogP contribution in [0.15, 0.2) is 85.0 Å². The summed E-state index contributed by atoms with van der Waals surface area (Å²) in [4.78, 5) is 62.7. The summed E-state index contributed by atoms with van der Waals surface area (Å²) in [5.74, 6) is -3.50. The lowest BCUT2D eigenvalue weighted by Crippen LogP contribution is -2.60. The van der Waals surface area contributed by atoms with E-state index in [1.165, 1.54) is 4.90 Å². The van der Waals surface area contributed by atoms with Gasteiger partial charge in [0, 0.05) is 26.1 Å². The van der Waals surface area contributed by atoms with Crippen LogP contribution in [0, 0.1) is 11.8 Å². The molecule has 4 aliphatic rings. The molecule has 6 rings (SSSR count). The van der Waals surface area contributed by atoms with Gasteiger partial charge in [0.25, 0.3) is 0 Å². The van der Waals surface area contributed by atoms with Gasteiger partial charge in [0.2, 0.25) is 17.7 Å². The van der Waals surface area contributed by atoms with Crippen LogP contribution in [0.25, 0.3) is 0 Å². The summed E-state index contributed by atoms with van der Waals surface area (Å²) in [7, 11) is 1.71. The number of ether oxygens (including phenoxy) is 2. The van der Waals surface area contributed by atoms with Crippen molar-refractivity contribution >= 4 is 23.7 Å². The van der Waals surface area contributed by atoms with Gasteiger partial charge >= 0.3 is 5.97 Å². The monoisotopic (exact) mass is 683 g/mol. The number of amides is 3. The van der Waals surface area contributed by atoms with Crippen molar-refractivity contribution in [3.8, 4) is 0 Å². The van der Waals surface area contributed by atoms with Crippen LogP contribution in [0.3, 0.4) is 0 Å². The van der Waals surface area contributed by atoms with Gasteiger partial charge in [-0.15, -0.1) is 0 Å². The van der Waals surface area contributed by atoms with E-state index >= 15 is 4.79 Å². The van der Waals surface area contributed by atoms with Crippen LogP contribution in [-0.2, 0) is 35.1 Å². The summed E-state index contributed by atoms with van der Waals surface area (Å²) in [5, 5.41) is 10.8. The van der Waals surface area contributed by atoms with Crippen LogP contribution in [0.1, 0.15) is 63.7 Å². The molecule has 1 spiro atoms. The highest BCUT2D eigenvalue weighted by Gasteiger charge is 2.74. The van der Waals surface area contributed by atoms with Crippen molar-refractivity contribution in [2.75, 3.05) is 20.2 Å². The first-order chi connectivity index (χ1) is 24.1. The minimum Gasteiger partial charge on any atom is -0.455 e. The van der Waals surface area contributed by atoms with E-state index in [0.717, 1.165) is 24.0 Å². The molecular formula is C40H49N3O7. The molecular weight excluding hydrogens is 634 g/mol. The first kappa shape index (κ1) is 35.5. The molecule has 4 aliphatic heterocycles.